The van der Waals surface area contributed by atoms with Gasteiger partial charge in [0.1, 0.15) is 11.9 Å². The lowest BCUT2D eigenvalue weighted by atomic mass is 10.1. The Hall–Kier alpha value is -1.53. The van der Waals surface area contributed by atoms with Gasteiger partial charge in [-0.1, -0.05) is 0 Å². The molecule has 1 fully saturated rings. The highest BCUT2D eigenvalue weighted by atomic mass is 16.5. The van der Waals surface area contributed by atoms with Gasteiger partial charge in [0.2, 0.25) is 0 Å². The zero-order valence-electron chi connectivity index (χ0n) is 9.49. The van der Waals surface area contributed by atoms with Crippen LogP contribution in [0.2, 0.25) is 0 Å². The van der Waals surface area contributed by atoms with E-state index in [-0.39, 0.29) is 0 Å². The molecule has 0 unspecified atom stereocenters. The normalized spacial score (nSPS) is 16.8. The first-order valence-corrected chi connectivity index (χ1v) is 5.68. The molecule has 1 saturated heterocycles. The highest BCUT2D eigenvalue weighted by Crippen LogP contribution is 2.20. The molecule has 0 atom stereocenters. The molecule has 1 heterocycles. The Bertz CT molecular complexity index is 403. The van der Waals surface area contributed by atoms with Crippen LogP contribution in [0.1, 0.15) is 24.0 Å². The molecule has 0 amide bonds. The minimum absolute atomic E-state index is 0.314. The first-order chi connectivity index (χ1) is 7.79. The lowest BCUT2D eigenvalue weighted by molar-refractivity contribution is 0.162. The molecule has 1 aliphatic heterocycles. The molecule has 1 aromatic rings. The highest BCUT2D eigenvalue weighted by Gasteiger charge is 2.14. The molecule has 0 saturated carbocycles. The van der Waals surface area contributed by atoms with Crippen molar-refractivity contribution in [3.8, 4) is 11.8 Å². The van der Waals surface area contributed by atoms with Crippen LogP contribution in [0.15, 0.2) is 18.2 Å². The maximum Gasteiger partial charge on any atom is 0.120 e. The minimum Gasteiger partial charge on any atom is -0.490 e. The van der Waals surface area contributed by atoms with Crippen LogP contribution in [0, 0.1) is 18.3 Å². The molecule has 0 radical (unpaired) electrons. The van der Waals surface area contributed by atoms with Gasteiger partial charge in [-0.2, -0.15) is 5.26 Å². The van der Waals surface area contributed by atoms with Crippen LogP contribution in [0.3, 0.4) is 0 Å². The molecule has 16 heavy (non-hydrogen) atoms. The highest BCUT2D eigenvalue weighted by molar-refractivity contribution is 5.41. The van der Waals surface area contributed by atoms with E-state index in [0.717, 1.165) is 42.8 Å². The average Bonchev–Trinajstić information content (AvgIpc) is 2.31. The second-order valence-electron chi connectivity index (χ2n) is 4.16. The van der Waals surface area contributed by atoms with Gasteiger partial charge in [0.15, 0.2) is 0 Å². The van der Waals surface area contributed by atoms with E-state index < -0.39 is 0 Å². The van der Waals surface area contributed by atoms with Crippen molar-refractivity contribution in [2.75, 3.05) is 13.1 Å². The second kappa shape index (κ2) is 5.00. The number of rotatable bonds is 2. The maximum absolute atomic E-state index is 8.83. The molecular formula is C13H16N2O. The van der Waals surface area contributed by atoms with Crippen molar-refractivity contribution in [1.29, 1.82) is 5.26 Å². The number of aryl methyl sites for hydroxylation is 1. The molecule has 0 aromatic heterocycles. The van der Waals surface area contributed by atoms with Gasteiger partial charge in [0, 0.05) is 0 Å². The summed E-state index contributed by atoms with van der Waals surface area (Å²) in [5.74, 6) is 0.878. The molecule has 3 nitrogen and oxygen atoms in total. The van der Waals surface area contributed by atoms with Crippen molar-refractivity contribution in [3.05, 3.63) is 29.3 Å². The van der Waals surface area contributed by atoms with Crippen LogP contribution in [-0.2, 0) is 0 Å². The van der Waals surface area contributed by atoms with Crippen molar-refractivity contribution >= 4 is 0 Å². The molecular weight excluding hydrogens is 200 g/mol. The van der Waals surface area contributed by atoms with Crippen LogP contribution in [-0.4, -0.2) is 19.2 Å². The van der Waals surface area contributed by atoms with E-state index in [1.165, 1.54) is 0 Å². The summed E-state index contributed by atoms with van der Waals surface area (Å²) >= 11 is 0. The third-order valence-corrected chi connectivity index (χ3v) is 2.91. The second-order valence-corrected chi connectivity index (χ2v) is 4.16. The van der Waals surface area contributed by atoms with Gasteiger partial charge < -0.3 is 10.1 Å². The van der Waals surface area contributed by atoms with Crippen molar-refractivity contribution in [2.24, 2.45) is 0 Å². The van der Waals surface area contributed by atoms with Crippen LogP contribution in [0.4, 0.5) is 0 Å². The van der Waals surface area contributed by atoms with E-state index in [9.17, 15) is 0 Å². The number of ether oxygens (including phenoxy) is 1. The first-order valence-electron chi connectivity index (χ1n) is 5.68. The molecule has 0 bridgehead atoms. The Morgan fingerprint density at radius 3 is 2.75 bits per heavy atom. The van der Waals surface area contributed by atoms with E-state index in [2.05, 4.69) is 11.4 Å². The van der Waals surface area contributed by atoms with Gasteiger partial charge in [-0.25, -0.2) is 0 Å². The lowest BCUT2D eigenvalue weighted by Crippen LogP contribution is -2.34. The van der Waals surface area contributed by atoms with Gasteiger partial charge in [0.25, 0.3) is 0 Å². The summed E-state index contributed by atoms with van der Waals surface area (Å²) in [6.45, 7) is 3.99. The Labute approximate surface area is 96.0 Å². The van der Waals surface area contributed by atoms with Crippen molar-refractivity contribution in [2.45, 2.75) is 25.9 Å². The van der Waals surface area contributed by atoms with Gasteiger partial charge >= 0.3 is 0 Å². The van der Waals surface area contributed by atoms with E-state index in [1.54, 1.807) is 0 Å². The third kappa shape index (κ3) is 2.53. The average molecular weight is 216 g/mol. The zero-order valence-corrected chi connectivity index (χ0v) is 9.49. The number of piperidine rings is 1. The number of hydrogen-bond acceptors (Lipinski definition) is 3. The monoisotopic (exact) mass is 216 g/mol. The number of nitrogens with one attached hydrogen (secondary N) is 1. The fraction of sp³-hybridized carbons (Fsp3) is 0.462. The summed E-state index contributed by atoms with van der Waals surface area (Å²) in [7, 11) is 0. The summed E-state index contributed by atoms with van der Waals surface area (Å²) in [5, 5.41) is 12.1. The summed E-state index contributed by atoms with van der Waals surface area (Å²) in [5.41, 5.74) is 1.70. The number of nitriles is 1. The Kier molecular flexibility index (Phi) is 3.43. The Morgan fingerprint density at radius 2 is 2.12 bits per heavy atom. The maximum atomic E-state index is 8.83. The quantitative estimate of drug-likeness (QED) is 0.822. The predicted molar refractivity (Wildman–Crippen MR) is 62.4 cm³/mol. The molecule has 0 aliphatic carbocycles. The standard InChI is InChI=1S/C13H16N2O/c1-10-8-13(3-2-11(10)9-14)16-12-4-6-15-7-5-12/h2-3,8,12,15H,4-7H2,1H3. The van der Waals surface area contributed by atoms with E-state index in [0.29, 0.717) is 6.10 Å². The summed E-state index contributed by atoms with van der Waals surface area (Å²) < 4.78 is 5.89. The molecule has 2 rings (SSSR count). The van der Waals surface area contributed by atoms with Crippen LogP contribution in [0.25, 0.3) is 0 Å². The van der Waals surface area contributed by atoms with Gasteiger partial charge in [-0.05, 0) is 56.6 Å². The van der Waals surface area contributed by atoms with E-state index in [1.807, 2.05) is 25.1 Å². The molecule has 1 aliphatic rings. The molecule has 3 heteroatoms. The summed E-state index contributed by atoms with van der Waals surface area (Å²) in [6.07, 6.45) is 2.42. The SMILES string of the molecule is Cc1cc(OC2CCNCC2)ccc1C#N. The summed E-state index contributed by atoms with van der Waals surface area (Å²) in [4.78, 5) is 0. The summed E-state index contributed by atoms with van der Waals surface area (Å²) in [6, 6.07) is 7.81. The fourth-order valence-corrected chi connectivity index (χ4v) is 1.94. The number of nitrogens with zero attached hydrogens (tertiary/aromatic N) is 1. The van der Waals surface area contributed by atoms with Crippen LogP contribution < -0.4 is 10.1 Å². The molecule has 1 aromatic carbocycles. The van der Waals surface area contributed by atoms with Gasteiger partial charge in [0.05, 0.1) is 11.6 Å². The third-order valence-electron chi connectivity index (χ3n) is 2.91. The number of benzene rings is 1. The van der Waals surface area contributed by atoms with Gasteiger partial charge in [-0.15, -0.1) is 0 Å². The van der Waals surface area contributed by atoms with Crippen molar-refractivity contribution < 1.29 is 4.74 Å². The zero-order chi connectivity index (χ0) is 11.4. The fourth-order valence-electron chi connectivity index (χ4n) is 1.94. The smallest absolute Gasteiger partial charge is 0.120 e. The minimum atomic E-state index is 0.314. The van der Waals surface area contributed by atoms with E-state index in [4.69, 9.17) is 10.00 Å². The van der Waals surface area contributed by atoms with Crippen molar-refractivity contribution in [1.82, 2.24) is 5.32 Å². The van der Waals surface area contributed by atoms with E-state index >= 15 is 0 Å². The first kappa shape index (κ1) is 11.0. The van der Waals surface area contributed by atoms with Crippen molar-refractivity contribution in [3.63, 3.8) is 0 Å². The number of hydrogen-bond donors (Lipinski definition) is 1. The Balaban J connectivity index is 2.04. The topological polar surface area (TPSA) is 45.0 Å². The lowest BCUT2D eigenvalue weighted by Gasteiger charge is -2.24. The largest absolute Gasteiger partial charge is 0.490 e. The molecule has 0 spiro atoms. The predicted octanol–water partition coefficient (Wildman–Crippen LogP) is 2.00. The molecule has 84 valence electrons. The van der Waals surface area contributed by atoms with Gasteiger partial charge in [-0.3, -0.25) is 0 Å². The van der Waals surface area contributed by atoms with Crippen LogP contribution >= 0.6 is 0 Å². The Morgan fingerprint density at radius 1 is 1.38 bits per heavy atom. The molecule has 1 N–H and O–H groups in total. The van der Waals surface area contributed by atoms with Crippen LogP contribution in [0.5, 0.6) is 5.75 Å².